The van der Waals surface area contributed by atoms with Gasteiger partial charge in [-0.15, -0.1) is 0 Å². The summed E-state index contributed by atoms with van der Waals surface area (Å²) in [5, 5.41) is 6.52. The Morgan fingerprint density at radius 2 is 1.94 bits per heavy atom. The lowest BCUT2D eigenvalue weighted by molar-refractivity contribution is 0.249. The third-order valence-electron chi connectivity index (χ3n) is 2.88. The number of hydrogen-bond acceptors (Lipinski definition) is 1. The van der Waals surface area contributed by atoms with Crippen molar-refractivity contribution in [3.8, 4) is 0 Å². The Bertz CT molecular complexity index is 406. The highest BCUT2D eigenvalue weighted by molar-refractivity contribution is 6.35. The maximum Gasteiger partial charge on any atom is 0.319 e. The zero-order valence-electron chi connectivity index (χ0n) is 10.6. The van der Waals surface area contributed by atoms with Crippen molar-refractivity contribution >= 4 is 34.9 Å². The van der Waals surface area contributed by atoms with Gasteiger partial charge >= 0.3 is 6.03 Å². The fraction of sp³-hybridized carbons (Fsp3) is 0.462. The van der Waals surface area contributed by atoms with E-state index in [4.69, 9.17) is 23.2 Å². The smallest absolute Gasteiger partial charge is 0.319 e. The summed E-state index contributed by atoms with van der Waals surface area (Å²) in [6.45, 7) is 4.89. The van der Waals surface area contributed by atoms with Crippen LogP contribution >= 0.6 is 23.2 Å². The van der Waals surface area contributed by atoms with Crippen molar-refractivity contribution in [3.05, 3.63) is 28.2 Å². The summed E-state index contributed by atoms with van der Waals surface area (Å²) in [4.78, 5) is 11.7. The summed E-state index contributed by atoms with van der Waals surface area (Å²) in [5.41, 5.74) is 0.520. The van der Waals surface area contributed by atoms with E-state index >= 15 is 0 Å². The van der Waals surface area contributed by atoms with Crippen molar-refractivity contribution < 1.29 is 4.79 Å². The zero-order chi connectivity index (χ0) is 13.5. The van der Waals surface area contributed by atoms with E-state index in [0.29, 0.717) is 28.2 Å². The summed E-state index contributed by atoms with van der Waals surface area (Å²) >= 11 is 11.8. The van der Waals surface area contributed by atoms with Crippen molar-refractivity contribution in [3.63, 3.8) is 0 Å². The van der Waals surface area contributed by atoms with Gasteiger partial charge in [-0.3, -0.25) is 0 Å². The molecule has 0 aliphatic rings. The molecule has 0 bridgehead atoms. The van der Waals surface area contributed by atoms with E-state index in [1.807, 2.05) is 0 Å². The second-order valence-corrected chi connectivity index (χ2v) is 4.99. The first-order valence-corrected chi connectivity index (χ1v) is 6.82. The third-order valence-corrected chi connectivity index (χ3v) is 3.45. The lowest BCUT2D eigenvalue weighted by atomic mass is 10.0. The van der Waals surface area contributed by atoms with Crippen molar-refractivity contribution in [2.75, 3.05) is 11.9 Å². The number of benzene rings is 1. The first kappa shape index (κ1) is 15.1. The Morgan fingerprint density at radius 3 is 2.56 bits per heavy atom. The predicted octanol–water partition coefficient (Wildman–Crippen LogP) is 4.55. The average molecular weight is 289 g/mol. The molecule has 1 aromatic rings. The molecule has 1 rings (SSSR count). The molecule has 0 radical (unpaired) electrons. The molecular formula is C13H18Cl2N2O. The van der Waals surface area contributed by atoms with E-state index in [2.05, 4.69) is 24.5 Å². The van der Waals surface area contributed by atoms with Crippen molar-refractivity contribution in [1.29, 1.82) is 0 Å². The highest BCUT2D eigenvalue weighted by Gasteiger charge is 2.08. The fourth-order valence-electron chi connectivity index (χ4n) is 1.57. The van der Waals surface area contributed by atoms with Gasteiger partial charge in [0.2, 0.25) is 0 Å². The number of carbonyl (C=O) groups excluding carboxylic acids is 1. The van der Waals surface area contributed by atoms with Crippen molar-refractivity contribution in [2.24, 2.45) is 5.92 Å². The van der Waals surface area contributed by atoms with Crippen LogP contribution in [0, 0.1) is 5.92 Å². The molecule has 0 heterocycles. The van der Waals surface area contributed by atoms with E-state index in [1.54, 1.807) is 18.2 Å². The molecule has 0 fully saturated rings. The highest BCUT2D eigenvalue weighted by atomic mass is 35.5. The minimum atomic E-state index is -0.258. The molecule has 0 aliphatic carbocycles. The fourth-order valence-corrected chi connectivity index (χ4v) is 1.91. The van der Waals surface area contributed by atoms with Gasteiger partial charge in [-0.1, -0.05) is 49.9 Å². The standard InChI is InChI=1S/C13H18Cl2N2O/c1-3-9(4-2)8-16-13(18)17-12-7-10(14)5-6-11(12)15/h5-7,9H,3-4,8H2,1-2H3,(H2,16,17,18). The maximum absolute atomic E-state index is 11.7. The molecule has 3 nitrogen and oxygen atoms in total. The number of hydrogen-bond donors (Lipinski definition) is 2. The molecular weight excluding hydrogens is 271 g/mol. The van der Waals surface area contributed by atoms with Gasteiger partial charge in [-0.05, 0) is 24.1 Å². The van der Waals surface area contributed by atoms with Gasteiger partial charge in [0, 0.05) is 11.6 Å². The predicted molar refractivity (Wildman–Crippen MR) is 77.6 cm³/mol. The number of amides is 2. The number of halogens is 2. The summed E-state index contributed by atoms with van der Waals surface area (Å²) in [7, 11) is 0. The normalized spacial score (nSPS) is 10.5. The summed E-state index contributed by atoms with van der Waals surface area (Å²) in [5.74, 6) is 0.505. The molecule has 2 N–H and O–H groups in total. The van der Waals surface area contributed by atoms with E-state index in [0.717, 1.165) is 12.8 Å². The first-order chi connectivity index (χ1) is 8.56. The van der Waals surface area contributed by atoms with Crippen LogP contribution in [0.4, 0.5) is 10.5 Å². The quantitative estimate of drug-likeness (QED) is 0.820. The Hall–Kier alpha value is -0.930. The van der Waals surface area contributed by atoms with Gasteiger partial charge in [0.25, 0.3) is 0 Å². The van der Waals surface area contributed by atoms with Gasteiger partial charge < -0.3 is 10.6 Å². The lowest BCUT2D eigenvalue weighted by Crippen LogP contribution is -2.32. The molecule has 0 aliphatic heterocycles. The van der Waals surface area contributed by atoms with E-state index < -0.39 is 0 Å². The van der Waals surface area contributed by atoms with Crippen LogP contribution in [0.15, 0.2) is 18.2 Å². The molecule has 0 aromatic heterocycles. The minimum Gasteiger partial charge on any atom is -0.338 e. The largest absolute Gasteiger partial charge is 0.338 e. The Labute approximate surface area is 118 Å². The highest BCUT2D eigenvalue weighted by Crippen LogP contribution is 2.25. The van der Waals surface area contributed by atoms with Crippen LogP contribution in [0.3, 0.4) is 0 Å². The van der Waals surface area contributed by atoms with Crippen LogP contribution < -0.4 is 10.6 Å². The molecule has 100 valence electrons. The van der Waals surface area contributed by atoms with Gasteiger partial charge in [0.05, 0.1) is 10.7 Å². The number of anilines is 1. The first-order valence-electron chi connectivity index (χ1n) is 6.06. The Kier molecular flexibility index (Phi) is 6.30. The SMILES string of the molecule is CCC(CC)CNC(=O)Nc1cc(Cl)ccc1Cl. The molecule has 18 heavy (non-hydrogen) atoms. The van der Waals surface area contributed by atoms with Gasteiger partial charge in [0.1, 0.15) is 0 Å². The molecule has 1 aromatic carbocycles. The Morgan fingerprint density at radius 1 is 1.28 bits per heavy atom. The molecule has 0 saturated heterocycles. The third kappa shape index (κ3) is 4.75. The minimum absolute atomic E-state index is 0.258. The van der Waals surface area contributed by atoms with Crippen LogP contribution in [0.5, 0.6) is 0 Å². The monoisotopic (exact) mass is 288 g/mol. The van der Waals surface area contributed by atoms with Crippen LogP contribution in [-0.4, -0.2) is 12.6 Å². The average Bonchev–Trinajstić information content (AvgIpc) is 2.35. The zero-order valence-corrected chi connectivity index (χ0v) is 12.1. The second kappa shape index (κ2) is 7.49. The van der Waals surface area contributed by atoms with Crippen LogP contribution in [-0.2, 0) is 0 Å². The topological polar surface area (TPSA) is 41.1 Å². The Balaban J connectivity index is 2.51. The number of urea groups is 1. The van der Waals surface area contributed by atoms with E-state index in [-0.39, 0.29) is 6.03 Å². The lowest BCUT2D eigenvalue weighted by Gasteiger charge is -2.14. The maximum atomic E-state index is 11.7. The summed E-state index contributed by atoms with van der Waals surface area (Å²) < 4.78 is 0. The van der Waals surface area contributed by atoms with Crippen LogP contribution in [0.2, 0.25) is 10.0 Å². The second-order valence-electron chi connectivity index (χ2n) is 4.14. The summed E-state index contributed by atoms with van der Waals surface area (Å²) in [6.07, 6.45) is 2.10. The summed E-state index contributed by atoms with van der Waals surface area (Å²) in [6, 6.07) is 4.70. The van der Waals surface area contributed by atoms with Gasteiger partial charge in [0.15, 0.2) is 0 Å². The van der Waals surface area contributed by atoms with Gasteiger partial charge in [-0.25, -0.2) is 4.79 Å². The van der Waals surface area contributed by atoms with Crippen molar-refractivity contribution in [2.45, 2.75) is 26.7 Å². The van der Waals surface area contributed by atoms with Crippen molar-refractivity contribution in [1.82, 2.24) is 5.32 Å². The van der Waals surface area contributed by atoms with E-state index in [1.165, 1.54) is 0 Å². The van der Waals surface area contributed by atoms with Gasteiger partial charge in [-0.2, -0.15) is 0 Å². The molecule has 2 amide bonds. The van der Waals surface area contributed by atoms with Crippen LogP contribution in [0.25, 0.3) is 0 Å². The van der Waals surface area contributed by atoms with E-state index in [9.17, 15) is 4.79 Å². The number of carbonyl (C=O) groups is 1. The number of nitrogens with one attached hydrogen (secondary N) is 2. The molecule has 0 atom stereocenters. The van der Waals surface area contributed by atoms with Crippen LogP contribution in [0.1, 0.15) is 26.7 Å². The molecule has 5 heteroatoms. The number of rotatable bonds is 5. The molecule has 0 spiro atoms. The molecule has 0 saturated carbocycles. The molecule has 0 unspecified atom stereocenters.